The number of nitrogens with zero attached hydrogens (tertiary/aromatic N) is 1. The number of hydrogen-bond donors (Lipinski definition) is 1. The molecule has 0 spiro atoms. The smallest absolute Gasteiger partial charge is 0.306 e. The summed E-state index contributed by atoms with van der Waals surface area (Å²) in [5.74, 6) is 1.94. The van der Waals surface area contributed by atoms with Crippen molar-refractivity contribution in [1.29, 1.82) is 0 Å². The molecule has 0 unspecified atom stereocenters. The molecule has 1 aliphatic rings. The molecule has 1 fully saturated rings. The zero-order chi connectivity index (χ0) is 14.6. The largest absolute Gasteiger partial charge is 0.469 e. The Morgan fingerprint density at radius 2 is 2.30 bits per heavy atom. The maximum Gasteiger partial charge on any atom is 0.306 e. The van der Waals surface area contributed by atoms with E-state index in [1.165, 1.54) is 18.9 Å². The van der Waals surface area contributed by atoms with E-state index in [0.29, 0.717) is 23.8 Å². The lowest BCUT2D eigenvalue weighted by atomic mass is 10.1. The molecule has 1 aliphatic carbocycles. The molecule has 0 radical (unpaired) electrons. The average molecular weight is 298 g/mol. The standard InChI is InChI=1S/C13H18N2O4S/c1-9-5-10(15-19-9)14-11(16)7-20-8-13(3-4-13)6-12(17)18-2/h5H,3-4,6-8H2,1-2H3,(H,14,15,16). The van der Waals surface area contributed by atoms with Crippen LogP contribution in [0, 0.1) is 12.3 Å². The summed E-state index contributed by atoms with van der Waals surface area (Å²) in [5, 5.41) is 6.36. The van der Waals surface area contributed by atoms with Crippen LogP contribution in [0.15, 0.2) is 10.6 Å². The van der Waals surface area contributed by atoms with Crippen molar-refractivity contribution >= 4 is 29.5 Å². The Hall–Kier alpha value is -1.50. The van der Waals surface area contributed by atoms with Crippen LogP contribution < -0.4 is 5.32 Å². The van der Waals surface area contributed by atoms with Crippen molar-refractivity contribution in [2.24, 2.45) is 5.41 Å². The number of aryl methyl sites for hydroxylation is 1. The van der Waals surface area contributed by atoms with Crippen LogP contribution in [0.4, 0.5) is 5.82 Å². The first-order chi connectivity index (χ1) is 9.53. The topological polar surface area (TPSA) is 81.4 Å². The minimum absolute atomic E-state index is 0.0442. The van der Waals surface area contributed by atoms with Crippen LogP contribution in [-0.2, 0) is 14.3 Å². The molecular weight excluding hydrogens is 280 g/mol. The van der Waals surface area contributed by atoms with E-state index in [0.717, 1.165) is 18.6 Å². The van der Waals surface area contributed by atoms with Crippen molar-refractivity contribution in [3.63, 3.8) is 0 Å². The van der Waals surface area contributed by atoms with Gasteiger partial charge in [-0.3, -0.25) is 9.59 Å². The fourth-order valence-corrected chi connectivity index (χ4v) is 3.08. The Morgan fingerprint density at radius 1 is 1.55 bits per heavy atom. The third-order valence-electron chi connectivity index (χ3n) is 3.24. The quantitative estimate of drug-likeness (QED) is 0.775. The number of carbonyl (C=O) groups excluding carboxylic acids is 2. The number of ether oxygens (including phenoxy) is 1. The van der Waals surface area contributed by atoms with E-state index < -0.39 is 0 Å². The third-order valence-corrected chi connectivity index (χ3v) is 4.52. The zero-order valence-corrected chi connectivity index (χ0v) is 12.4. The Morgan fingerprint density at radius 3 is 2.85 bits per heavy atom. The molecule has 2 rings (SSSR count). The van der Waals surface area contributed by atoms with E-state index in [1.54, 1.807) is 13.0 Å². The maximum absolute atomic E-state index is 11.7. The van der Waals surface area contributed by atoms with Gasteiger partial charge >= 0.3 is 5.97 Å². The van der Waals surface area contributed by atoms with Gasteiger partial charge in [-0.15, -0.1) is 0 Å². The Balaban J connectivity index is 1.68. The molecule has 0 atom stereocenters. The van der Waals surface area contributed by atoms with Crippen LogP contribution in [0.5, 0.6) is 0 Å². The van der Waals surface area contributed by atoms with Gasteiger partial charge in [0.1, 0.15) is 5.76 Å². The molecule has 1 amide bonds. The molecule has 0 aromatic carbocycles. The van der Waals surface area contributed by atoms with Gasteiger partial charge in [0, 0.05) is 6.07 Å². The van der Waals surface area contributed by atoms with Gasteiger partial charge in [0.2, 0.25) is 5.91 Å². The number of esters is 1. The number of thioether (sulfide) groups is 1. The summed E-state index contributed by atoms with van der Waals surface area (Å²) in [7, 11) is 1.40. The highest BCUT2D eigenvalue weighted by molar-refractivity contribution is 8.00. The number of amides is 1. The monoisotopic (exact) mass is 298 g/mol. The molecule has 6 nitrogen and oxygen atoms in total. The van der Waals surface area contributed by atoms with Gasteiger partial charge in [-0.25, -0.2) is 0 Å². The Kier molecular flexibility index (Phi) is 4.69. The minimum atomic E-state index is -0.175. The summed E-state index contributed by atoms with van der Waals surface area (Å²) in [5.41, 5.74) is 0.0442. The molecule has 1 N–H and O–H groups in total. The van der Waals surface area contributed by atoms with Crippen LogP contribution >= 0.6 is 11.8 Å². The summed E-state index contributed by atoms with van der Waals surface area (Å²) in [4.78, 5) is 23.0. The minimum Gasteiger partial charge on any atom is -0.469 e. The SMILES string of the molecule is COC(=O)CC1(CSCC(=O)Nc2cc(C)on2)CC1. The van der Waals surface area contributed by atoms with Gasteiger partial charge in [-0.05, 0) is 30.9 Å². The molecule has 7 heteroatoms. The highest BCUT2D eigenvalue weighted by atomic mass is 32.2. The first-order valence-corrected chi connectivity index (χ1v) is 7.56. The van der Waals surface area contributed by atoms with Crippen LogP contribution in [-0.4, -0.2) is 35.6 Å². The van der Waals surface area contributed by atoms with Crippen LogP contribution in [0.1, 0.15) is 25.0 Å². The lowest BCUT2D eigenvalue weighted by Gasteiger charge is -2.12. The molecule has 1 aromatic rings. The number of nitrogens with one attached hydrogen (secondary N) is 1. The van der Waals surface area contributed by atoms with Crippen molar-refractivity contribution < 1.29 is 18.8 Å². The summed E-state index contributed by atoms with van der Waals surface area (Å²) in [6.07, 6.45) is 2.50. The van der Waals surface area contributed by atoms with Gasteiger partial charge < -0.3 is 14.6 Å². The molecule has 1 heterocycles. The van der Waals surface area contributed by atoms with E-state index in [1.807, 2.05) is 0 Å². The van der Waals surface area contributed by atoms with Crippen molar-refractivity contribution in [2.45, 2.75) is 26.2 Å². The van der Waals surface area contributed by atoms with Crippen LogP contribution in [0.3, 0.4) is 0 Å². The van der Waals surface area contributed by atoms with Gasteiger partial charge in [-0.1, -0.05) is 5.16 Å². The number of hydrogen-bond acceptors (Lipinski definition) is 6. The van der Waals surface area contributed by atoms with Gasteiger partial charge in [0.25, 0.3) is 0 Å². The predicted molar refractivity (Wildman–Crippen MR) is 75.5 cm³/mol. The average Bonchev–Trinajstić information content (AvgIpc) is 3.03. The number of methoxy groups -OCH3 is 1. The van der Waals surface area contributed by atoms with E-state index in [9.17, 15) is 9.59 Å². The second-order valence-corrected chi connectivity index (χ2v) is 6.10. The number of carbonyl (C=O) groups is 2. The number of aromatic nitrogens is 1. The van der Waals surface area contributed by atoms with Crippen LogP contribution in [0.25, 0.3) is 0 Å². The fourth-order valence-electron chi connectivity index (χ4n) is 1.89. The van der Waals surface area contributed by atoms with E-state index in [-0.39, 0.29) is 17.3 Å². The third kappa shape index (κ3) is 4.26. The van der Waals surface area contributed by atoms with Crippen molar-refractivity contribution in [3.05, 3.63) is 11.8 Å². The van der Waals surface area contributed by atoms with E-state index in [2.05, 4.69) is 15.2 Å². The van der Waals surface area contributed by atoms with Gasteiger partial charge in [-0.2, -0.15) is 11.8 Å². The van der Waals surface area contributed by atoms with E-state index >= 15 is 0 Å². The molecule has 0 saturated heterocycles. The molecule has 1 saturated carbocycles. The van der Waals surface area contributed by atoms with Gasteiger partial charge in [0.15, 0.2) is 5.82 Å². The molecule has 0 bridgehead atoms. The summed E-state index contributed by atoms with van der Waals surface area (Å²) in [6.45, 7) is 1.76. The first kappa shape index (κ1) is 14.9. The number of rotatable bonds is 7. The Labute approximate surface area is 121 Å². The second-order valence-electron chi connectivity index (χ2n) is 5.12. The highest BCUT2D eigenvalue weighted by Crippen LogP contribution is 2.51. The normalized spacial score (nSPS) is 15.7. The summed E-state index contributed by atoms with van der Waals surface area (Å²) >= 11 is 1.53. The molecule has 20 heavy (non-hydrogen) atoms. The predicted octanol–water partition coefficient (Wildman–Crippen LogP) is 2.00. The second kappa shape index (κ2) is 6.30. The zero-order valence-electron chi connectivity index (χ0n) is 11.6. The highest BCUT2D eigenvalue weighted by Gasteiger charge is 2.44. The van der Waals surface area contributed by atoms with Crippen molar-refractivity contribution in [3.8, 4) is 0 Å². The Bertz CT molecular complexity index is 496. The van der Waals surface area contributed by atoms with Gasteiger partial charge in [0.05, 0.1) is 19.3 Å². The molecule has 110 valence electrons. The molecule has 0 aliphatic heterocycles. The fraction of sp³-hybridized carbons (Fsp3) is 0.615. The first-order valence-electron chi connectivity index (χ1n) is 6.41. The molecule has 1 aromatic heterocycles. The number of anilines is 1. The van der Waals surface area contributed by atoms with E-state index in [4.69, 9.17) is 4.52 Å². The summed E-state index contributed by atoms with van der Waals surface area (Å²) < 4.78 is 9.56. The van der Waals surface area contributed by atoms with Crippen molar-refractivity contribution in [2.75, 3.05) is 23.9 Å². The van der Waals surface area contributed by atoms with Crippen LogP contribution in [0.2, 0.25) is 0 Å². The summed E-state index contributed by atoms with van der Waals surface area (Å²) in [6, 6.07) is 1.67. The maximum atomic E-state index is 11.7. The van der Waals surface area contributed by atoms with Crippen molar-refractivity contribution in [1.82, 2.24) is 5.16 Å². The lowest BCUT2D eigenvalue weighted by molar-refractivity contribution is -0.141. The molecular formula is C13H18N2O4S. The lowest BCUT2D eigenvalue weighted by Crippen LogP contribution is -2.17.